The zero-order chi connectivity index (χ0) is 13.7. The van der Waals surface area contributed by atoms with E-state index >= 15 is 0 Å². The fourth-order valence-corrected chi connectivity index (χ4v) is 2.32. The van der Waals surface area contributed by atoms with Crippen molar-refractivity contribution in [1.29, 1.82) is 0 Å². The predicted molar refractivity (Wildman–Crippen MR) is 66.1 cm³/mol. The first-order valence-corrected chi connectivity index (χ1v) is 6.36. The maximum atomic E-state index is 11.7. The molecule has 0 radical (unpaired) electrons. The minimum atomic E-state index is -1.13. The molecule has 6 nitrogen and oxygen atoms in total. The molecule has 1 saturated carbocycles. The predicted octanol–water partition coefficient (Wildman–Crippen LogP) is 0.556. The van der Waals surface area contributed by atoms with Gasteiger partial charge in [0.25, 0.3) is 0 Å². The van der Waals surface area contributed by atoms with Gasteiger partial charge in [0.1, 0.15) is 6.04 Å². The van der Waals surface area contributed by atoms with Crippen molar-refractivity contribution in [3.05, 3.63) is 0 Å². The number of carbonyl (C=O) groups is 2. The third kappa shape index (κ3) is 3.87. The maximum absolute atomic E-state index is 11.7. The van der Waals surface area contributed by atoms with Crippen LogP contribution >= 0.6 is 0 Å². The fraction of sp³-hybridized carbons (Fsp3) is 0.833. The number of hydrogen-bond acceptors (Lipinski definition) is 3. The number of carbonyl (C=O) groups excluding carboxylic acids is 1. The number of hydrogen-bond donors (Lipinski definition) is 4. The molecule has 0 aromatic heterocycles. The number of aliphatic carboxylic acids is 1. The lowest BCUT2D eigenvalue weighted by atomic mass is 9.98. The van der Waals surface area contributed by atoms with E-state index in [1.807, 2.05) is 0 Å². The highest BCUT2D eigenvalue weighted by molar-refractivity contribution is 5.82. The van der Waals surface area contributed by atoms with Gasteiger partial charge in [0.2, 0.25) is 0 Å². The van der Waals surface area contributed by atoms with Gasteiger partial charge in [-0.05, 0) is 24.7 Å². The maximum Gasteiger partial charge on any atom is 0.326 e. The first-order chi connectivity index (χ1) is 8.45. The molecule has 0 aromatic carbocycles. The van der Waals surface area contributed by atoms with Crippen LogP contribution in [0.15, 0.2) is 0 Å². The van der Waals surface area contributed by atoms with Gasteiger partial charge in [0.15, 0.2) is 0 Å². The van der Waals surface area contributed by atoms with Crippen molar-refractivity contribution in [3.8, 4) is 0 Å². The van der Waals surface area contributed by atoms with Gasteiger partial charge in [-0.1, -0.05) is 13.8 Å². The topological polar surface area (TPSA) is 98.7 Å². The Morgan fingerprint density at radius 3 is 2.44 bits per heavy atom. The Labute approximate surface area is 107 Å². The lowest BCUT2D eigenvalue weighted by Gasteiger charge is -2.21. The number of carboxylic acid groups (broad SMARTS) is 1. The van der Waals surface area contributed by atoms with Crippen molar-refractivity contribution in [2.75, 3.05) is 6.61 Å². The molecule has 104 valence electrons. The Kier molecular flexibility index (Phi) is 5.40. The zero-order valence-corrected chi connectivity index (χ0v) is 10.8. The van der Waals surface area contributed by atoms with Gasteiger partial charge in [-0.2, -0.15) is 0 Å². The van der Waals surface area contributed by atoms with E-state index in [1.54, 1.807) is 0 Å². The summed E-state index contributed by atoms with van der Waals surface area (Å²) in [6, 6.07) is -1.41. The summed E-state index contributed by atoms with van der Waals surface area (Å²) in [6.07, 6.45) is 2.01. The Hall–Kier alpha value is -1.30. The van der Waals surface area contributed by atoms with Gasteiger partial charge in [-0.25, -0.2) is 9.59 Å². The fourth-order valence-electron chi connectivity index (χ4n) is 2.32. The average Bonchev–Trinajstić information content (AvgIpc) is 2.60. The summed E-state index contributed by atoms with van der Waals surface area (Å²) in [5.41, 5.74) is 0. The molecule has 0 bridgehead atoms. The highest BCUT2D eigenvalue weighted by Gasteiger charge is 2.31. The summed E-state index contributed by atoms with van der Waals surface area (Å²) < 4.78 is 0. The highest BCUT2D eigenvalue weighted by atomic mass is 16.4. The SMILES string of the molecule is CC1CCC(NC(=O)N[C@H](CCO)C(=O)O)C1C. The number of amides is 2. The molecule has 4 N–H and O–H groups in total. The quantitative estimate of drug-likeness (QED) is 0.579. The Bertz CT molecular complexity index is 308. The van der Waals surface area contributed by atoms with E-state index in [4.69, 9.17) is 10.2 Å². The smallest absolute Gasteiger partial charge is 0.326 e. The molecule has 0 saturated heterocycles. The number of aliphatic hydroxyl groups is 1. The van der Waals surface area contributed by atoms with E-state index in [0.29, 0.717) is 11.8 Å². The summed E-state index contributed by atoms with van der Waals surface area (Å²) in [5, 5.41) is 22.8. The normalized spacial score (nSPS) is 28.7. The van der Waals surface area contributed by atoms with E-state index in [0.717, 1.165) is 12.8 Å². The molecule has 1 rings (SSSR count). The van der Waals surface area contributed by atoms with Crippen molar-refractivity contribution in [3.63, 3.8) is 0 Å². The standard InChI is InChI=1S/C12H22N2O4/c1-7-3-4-9(8(7)2)13-12(18)14-10(5-6-15)11(16)17/h7-10,15H,3-6H2,1-2H3,(H,16,17)(H2,13,14,18)/t7?,8?,9?,10-/m1/s1. The van der Waals surface area contributed by atoms with Crippen LogP contribution in [0.3, 0.4) is 0 Å². The zero-order valence-electron chi connectivity index (χ0n) is 10.8. The molecule has 6 heteroatoms. The lowest BCUT2D eigenvalue weighted by molar-refractivity contribution is -0.139. The molecule has 1 fully saturated rings. The Morgan fingerprint density at radius 1 is 1.33 bits per heavy atom. The molecular formula is C12H22N2O4. The lowest BCUT2D eigenvalue weighted by Crippen LogP contribution is -2.50. The first-order valence-electron chi connectivity index (χ1n) is 6.36. The summed E-state index contributed by atoms with van der Waals surface area (Å²) in [7, 11) is 0. The Balaban J connectivity index is 2.43. The number of rotatable bonds is 5. The van der Waals surface area contributed by atoms with Crippen LogP contribution in [0.1, 0.15) is 33.1 Å². The van der Waals surface area contributed by atoms with Gasteiger partial charge in [-0.15, -0.1) is 0 Å². The van der Waals surface area contributed by atoms with E-state index < -0.39 is 18.0 Å². The minimum Gasteiger partial charge on any atom is -0.480 e. The summed E-state index contributed by atoms with van der Waals surface area (Å²) in [4.78, 5) is 22.5. The van der Waals surface area contributed by atoms with Crippen LogP contribution in [0.5, 0.6) is 0 Å². The molecule has 0 spiro atoms. The molecular weight excluding hydrogens is 236 g/mol. The molecule has 2 amide bonds. The molecule has 0 heterocycles. The molecule has 0 aliphatic heterocycles. The van der Waals surface area contributed by atoms with E-state index in [-0.39, 0.29) is 19.1 Å². The second-order valence-electron chi connectivity index (χ2n) is 5.04. The van der Waals surface area contributed by atoms with E-state index in [1.165, 1.54) is 0 Å². The second-order valence-corrected chi connectivity index (χ2v) is 5.04. The van der Waals surface area contributed by atoms with Gasteiger partial charge in [0.05, 0.1) is 0 Å². The van der Waals surface area contributed by atoms with Gasteiger partial charge in [0, 0.05) is 19.1 Å². The first kappa shape index (κ1) is 14.8. The van der Waals surface area contributed by atoms with Crippen LogP contribution in [-0.2, 0) is 4.79 Å². The van der Waals surface area contributed by atoms with Crippen molar-refractivity contribution >= 4 is 12.0 Å². The Morgan fingerprint density at radius 2 is 2.00 bits per heavy atom. The number of carboxylic acids is 1. The average molecular weight is 258 g/mol. The van der Waals surface area contributed by atoms with Crippen LogP contribution in [0.4, 0.5) is 4.79 Å². The number of urea groups is 1. The largest absolute Gasteiger partial charge is 0.480 e. The van der Waals surface area contributed by atoms with Crippen LogP contribution in [-0.4, -0.2) is 40.9 Å². The second kappa shape index (κ2) is 6.58. The molecule has 4 atom stereocenters. The molecule has 18 heavy (non-hydrogen) atoms. The molecule has 1 aliphatic rings. The summed E-state index contributed by atoms with van der Waals surface area (Å²) in [5.74, 6) is -0.160. The van der Waals surface area contributed by atoms with Gasteiger partial charge in [-0.3, -0.25) is 0 Å². The molecule has 3 unspecified atom stereocenters. The van der Waals surface area contributed by atoms with Crippen LogP contribution in [0, 0.1) is 11.8 Å². The van der Waals surface area contributed by atoms with Crippen molar-refractivity contribution in [1.82, 2.24) is 10.6 Å². The van der Waals surface area contributed by atoms with E-state index in [2.05, 4.69) is 24.5 Å². The number of nitrogens with one attached hydrogen (secondary N) is 2. The van der Waals surface area contributed by atoms with Crippen LogP contribution in [0.2, 0.25) is 0 Å². The van der Waals surface area contributed by atoms with Crippen LogP contribution in [0.25, 0.3) is 0 Å². The van der Waals surface area contributed by atoms with Crippen molar-refractivity contribution in [2.24, 2.45) is 11.8 Å². The highest BCUT2D eigenvalue weighted by Crippen LogP contribution is 2.30. The van der Waals surface area contributed by atoms with Gasteiger partial charge < -0.3 is 20.8 Å². The van der Waals surface area contributed by atoms with E-state index in [9.17, 15) is 9.59 Å². The molecule has 0 aromatic rings. The molecule has 1 aliphatic carbocycles. The monoisotopic (exact) mass is 258 g/mol. The minimum absolute atomic E-state index is 0.0133. The van der Waals surface area contributed by atoms with Gasteiger partial charge >= 0.3 is 12.0 Å². The van der Waals surface area contributed by atoms with Crippen LogP contribution < -0.4 is 10.6 Å². The summed E-state index contributed by atoms with van der Waals surface area (Å²) >= 11 is 0. The number of aliphatic hydroxyl groups excluding tert-OH is 1. The third-order valence-electron chi connectivity index (χ3n) is 3.80. The van der Waals surface area contributed by atoms with Crippen molar-refractivity contribution in [2.45, 2.75) is 45.2 Å². The summed E-state index contributed by atoms with van der Waals surface area (Å²) in [6.45, 7) is 3.97. The third-order valence-corrected chi connectivity index (χ3v) is 3.80. The van der Waals surface area contributed by atoms with Crippen molar-refractivity contribution < 1.29 is 19.8 Å².